The number of nitroso groups, excluding NO2 is 1. The Morgan fingerprint density at radius 1 is 1.36 bits per heavy atom. The molecule has 132 valence electrons. The molecule has 0 aliphatic rings. The highest BCUT2D eigenvalue weighted by Crippen LogP contribution is 2.22. The van der Waals surface area contributed by atoms with Crippen LogP contribution in [0.3, 0.4) is 0 Å². The van der Waals surface area contributed by atoms with Crippen LogP contribution in [0.4, 0.5) is 5.69 Å². The second-order valence-corrected chi connectivity index (χ2v) is 5.37. The normalized spacial score (nSPS) is 10.3. The molecule has 0 atom stereocenters. The van der Waals surface area contributed by atoms with E-state index in [1.807, 2.05) is 6.92 Å². The van der Waals surface area contributed by atoms with Gasteiger partial charge in [-0.15, -0.1) is 10.0 Å². The Hall–Kier alpha value is -3.10. The molecular weight excluding hydrogens is 326 g/mol. The van der Waals surface area contributed by atoms with E-state index in [9.17, 15) is 14.5 Å². The molecule has 0 saturated carbocycles. The minimum Gasteiger partial charge on any atom is -0.461 e. The first-order valence-electron chi connectivity index (χ1n) is 7.80. The number of benzene rings is 1. The number of hydrogen-bond acceptors (Lipinski definition) is 7. The van der Waals surface area contributed by atoms with E-state index in [1.165, 1.54) is 25.1 Å². The molecule has 0 bridgehead atoms. The monoisotopic (exact) mass is 345 g/mol. The van der Waals surface area contributed by atoms with Gasteiger partial charge in [0.15, 0.2) is 0 Å². The molecule has 1 aromatic heterocycles. The summed E-state index contributed by atoms with van der Waals surface area (Å²) in [5.41, 5.74) is 1.41. The number of aryl methyl sites for hydroxylation is 1. The molecule has 0 radical (unpaired) electrons. The number of amides is 1. The van der Waals surface area contributed by atoms with Crippen molar-refractivity contribution in [2.75, 3.05) is 0 Å². The third kappa shape index (κ3) is 5.20. The quantitative estimate of drug-likeness (QED) is 0.578. The lowest BCUT2D eigenvalue weighted by atomic mass is 10.1. The van der Waals surface area contributed by atoms with E-state index < -0.39 is 5.97 Å². The van der Waals surface area contributed by atoms with Crippen molar-refractivity contribution in [1.29, 1.82) is 0 Å². The van der Waals surface area contributed by atoms with Crippen molar-refractivity contribution in [3.8, 4) is 0 Å². The SMILES string of the molecule is CCCn1cc(CNC(=O)c2ccc(COC(C)=O)c(N=O)c2)nn1. The van der Waals surface area contributed by atoms with Gasteiger partial charge in [0, 0.05) is 24.6 Å². The fourth-order valence-electron chi connectivity index (χ4n) is 2.12. The Morgan fingerprint density at radius 2 is 2.16 bits per heavy atom. The number of carbonyl (C=O) groups is 2. The number of ether oxygens (including phenoxy) is 1. The lowest BCUT2D eigenvalue weighted by molar-refractivity contribution is -0.142. The lowest BCUT2D eigenvalue weighted by Crippen LogP contribution is -2.23. The molecule has 9 heteroatoms. The van der Waals surface area contributed by atoms with Crippen LogP contribution < -0.4 is 5.32 Å². The zero-order valence-corrected chi connectivity index (χ0v) is 14.1. The highest BCUT2D eigenvalue weighted by Gasteiger charge is 2.12. The van der Waals surface area contributed by atoms with E-state index in [4.69, 9.17) is 4.74 Å². The van der Waals surface area contributed by atoms with Crippen LogP contribution in [0.25, 0.3) is 0 Å². The molecule has 9 nitrogen and oxygen atoms in total. The first kappa shape index (κ1) is 18.2. The van der Waals surface area contributed by atoms with Crippen molar-refractivity contribution in [3.05, 3.63) is 46.1 Å². The van der Waals surface area contributed by atoms with E-state index in [0.29, 0.717) is 11.3 Å². The van der Waals surface area contributed by atoms with Gasteiger partial charge in [0.2, 0.25) is 0 Å². The molecule has 1 N–H and O–H groups in total. The Kier molecular flexibility index (Phi) is 6.33. The average molecular weight is 345 g/mol. The van der Waals surface area contributed by atoms with Crippen LogP contribution in [-0.4, -0.2) is 26.9 Å². The van der Waals surface area contributed by atoms with Crippen molar-refractivity contribution in [2.45, 2.75) is 40.0 Å². The molecule has 1 aromatic carbocycles. The van der Waals surface area contributed by atoms with Crippen LogP contribution >= 0.6 is 0 Å². The van der Waals surface area contributed by atoms with E-state index in [2.05, 4.69) is 20.8 Å². The number of aromatic nitrogens is 3. The van der Waals surface area contributed by atoms with E-state index in [1.54, 1.807) is 10.9 Å². The second kappa shape index (κ2) is 8.67. The molecule has 0 unspecified atom stereocenters. The zero-order valence-electron chi connectivity index (χ0n) is 14.1. The molecule has 0 aliphatic carbocycles. The summed E-state index contributed by atoms with van der Waals surface area (Å²) in [5.74, 6) is -0.830. The van der Waals surface area contributed by atoms with Gasteiger partial charge in [-0.3, -0.25) is 14.3 Å². The topological polar surface area (TPSA) is 116 Å². The average Bonchev–Trinajstić information content (AvgIpc) is 3.05. The number of carbonyl (C=O) groups excluding carboxylic acids is 2. The van der Waals surface area contributed by atoms with Crippen LogP contribution in [0.15, 0.2) is 29.6 Å². The number of nitrogens with one attached hydrogen (secondary N) is 1. The van der Waals surface area contributed by atoms with Gasteiger partial charge in [-0.05, 0) is 23.7 Å². The maximum Gasteiger partial charge on any atom is 0.302 e. The van der Waals surface area contributed by atoms with Gasteiger partial charge in [0.1, 0.15) is 18.0 Å². The highest BCUT2D eigenvalue weighted by atomic mass is 16.5. The third-order valence-corrected chi connectivity index (χ3v) is 3.35. The van der Waals surface area contributed by atoms with Gasteiger partial charge < -0.3 is 10.1 Å². The summed E-state index contributed by atoms with van der Waals surface area (Å²) in [6.07, 6.45) is 2.71. The predicted molar refractivity (Wildman–Crippen MR) is 88.9 cm³/mol. The lowest BCUT2D eigenvalue weighted by Gasteiger charge is -2.07. The minimum atomic E-state index is -0.463. The number of esters is 1. The van der Waals surface area contributed by atoms with E-state index >= 15 is 0 Å². The third-order valence-electron chi connectivity index (χ3n) is 3.35. The van der Waals surface area contributed by atoms with Gasteiger partial charge in [0.05, 0.1) is 12.7 Å². The van der Waals surface area contributed by atoms with Gasteiger partial charge >= 0.3 is 5.97 Å². The minimum absolute atomic E-state index is 0.0581. The Labute approximate surface area is 144 Å². The first-order chi connectivity index (χ1) is 12.0. The van der Waals surface area contributed by atoms with Crippen LogP contribution in [0, 0.1) is 4.91 Å². The second-order valence-electron chi connectivity index (χ2n) is 5.37. The standard InChI is InChI=1S/C16H19N5O4/c1-3-6-21-9-14(18-20-21)8-17-16(23)12-4-5-13(10-25-11(2)22)15(7-12)19-24/h4-5,7,9H,3,6,8,10H2,1-2H3,(H,17,23). The molecule has 0 saturated heterocycles. The summed E-state index contributed by atoms with van der Waals surface area (Å²) in [7, 11) is 0. The van der Waals surface area contributed by atoms with Gasteiger partial charge in [0.25, 0.3) is 5.91 Å². The van der Waals surface area contributed by atoms with Crippen molar-refractivity contribution < 1.29 is 14.3 Å². The summed E-state index contributed by atoms with van der Waals surface area (Å²) in [4.78, 5) is 34.0. The van der Waals surface area contributed by atoms with E-state index in [-0.39, 0.29) is 30.3 Å². The van der Waals surface area contributed by atoms with Crippen molar-refractivity contribution in [1.82, 2.24) is 20.3 Å². The molecule has 2 rings (SSSR count). The van der Waals surface area contributed by atoms with Crippen LogP contribution in [-0.2, 0) is 29.2 Å². The molecule has 25 heavy (non-hydrogen) atoms. The highest BCUT2D eigenvalue weighted by molar-refractivity contribution is 5.95. The summed E-state index contributed by atoms with van der Waals surface area (Å²) < 4.78 is 6.55. The largest absolute Gasteiger partial charge is 0.461 e. The molecule has 0 fully saturated rings. The zero-order chi connectivity index (χ0) is 18.2. The van der Waals surface area contributed by atoms with Crippen molar-refractivity contribution in [3.63, 3.8) is 0 Å². The summed E-state index contributed by atoms with van der Waals surface area (Å²) >= 11 is 0. The molecule has 1 amide bonds. The van der Waals surface area contributed by atoms with Gasteiger partial charge in [-0.2, -0.15) is 0 Å². The van der Waals surface area contributed by atoms with Crippen molar-refractivity contribution in [2.24, 2.45) is 5.18 Å². The smallest absolute Gasteiger partial charge is 0.302 e. The Bertz CT molecular complexity index is 772. The Balaban J connectivity index is 2.00. The summed E-state index contributed by atoms with van der Waals surface area (Å²) in [6, 6.07) is 4.43. The number of rotatable bonds is 8. The summed E-state index contributed by atoms with van der Waals surface area (Å²) in [6.45, 7) is 4.22. The molecule has 0 spiro atoms. The molecule has 1 heterocycles. The van der Waals surface area contributed by atoms with Crippen LogP contribution in [0.2, 0.25) is 0 Å². The van der Waals surface area contributed by atoms with Crippen molar-refractivity contribution >= 4 is 17.6 Å². The maximum atomic E-state index is 12.2. The Morgan fingerprint density at radius 3 is 2.84 bits per heavy atom. The van der Waals surface area contributed by atoms with Gasteiger partial charge in [-0.25, -0.2) is 0 Å². The molecule has 0 aliphatic heterocycles. The first-order valence-corrected chi connectivity index (χ1v) is 7.80. The summed E-state index contributed by atoms with van der Waals surface area (Å²) in [5, 5.41) is 13.5. The number of nitrogens with zero attached hydrogens (tertiary/aromatic N) is 4. The fourth-order valence-corrected chi connectivity index (χ4v) is 2.12. The molecule has 2 aromatic rings. The molecular formula is C16H19N5O4. The maximum absolute atomic E-state index is 12.2. The van der Waals surface area contributed by atoms with E-state index in [0.717, 1.165) is 13.0 Å². The fraction of sp³-hybridized carbons (Fsp3) is 0.375. The number of hydrogen-bond donors (Lipinski definition) is 1. The van der Waals surface area contributed by atoms with Crippen LogP contribution in [0.1, 0.15) is 41.9 Å². The van der Waals surface area contributed by atoms with Crippen LogP contribution in [0.5, 0.6) is 0 Å². The van der Waals surface area contributed by atoms with Gasteiger partial charge in [-0.1, -0.05) is 18.2 Å². The predicted octanol–water partition coefficient (Wildman–Crippen LogP) is 2.08.